The van der Waals surface area contributed by atoms with Gasteiger partial charge in [-0.25, -0.2) is 4.79 Å². The number of hydrogen-bond acceptors (Lipinski definition) is 6. The van der Waals surface area contributed by atoms with Crippen LogP contribution in [0.5, 0.6) is 0 Å². The van der Waals surface area contributed by atoms with E-state index in [-0.39, 0.29) is 36.2 Å². The maximum Gasteiger partial charge on any atom is 0.362 e. The predicted molar refractivity (Wildman–Crippen MR) is 206 cm³/mol. The molecule has 0 aliphatic rings. The lowest BCUT2D eigenvalue weighted by molar-refractivity contribution is -0.887. The molecule has 288 valence electrons. The maximum atomic E-state index is 12.6. The number of carbonyl (C=O) groups excluding carboxylic acids is 2. The van der Waals surface area contributed by atoms with Crippen molar-refractivity contribution in [3.63, 3.8) is 0 Å². The molecule has 0 heterocycles. The molecule has 0 aliphatic heterocycles. The third-order valence-electron chi connectivity index (χ3n) is 8.58. The molecule has 1 N–H and O–H groups in total. The number of hydrogen-bond donors (Lipinski definition) is 1. The van der Waals surface area contributed by atoms with Gasteiger partial charge in [-0.3, -0.25) is 9.59 Å². The van der Waals surface area contributed by atoms with E-state index in [4.69, 9.17) is 14.2 Å². The highest BCUT2D eigenvalue weighted by molar-refractivity contribution is 5.72. The fourth-order valence-corrected chi connectivity index (χ4v) is 5.45. The Labute approximate surface area is 306 Å². The van der Waals surface area contributed by atoms with E-state index in [9.17, 15) is 19.5 Å². The predicted octanol–water partition coefficient (Wildman–Crippen LogP) is 10.1. The minimum absolute atomic E-state index is 0.0530. The Bertz CT molecular complexity index is 964. The highest BCUT2D eigenvalue weighted by Crippen LogP contribution is 2.13. The van der Waals surface area contributed by atoms with Gasteiger partial charge in [0, 0.05) is 19.3 Å². The summed E-state index contributed by atoms with van der Waals surface area (Å²) in [5.41, 5.74) is 0. The van der Waals surface area contributed by atoms with Crippen molar-refractivity contribution in [2.75, 3.05) is 41.0 Å². The maximum absolute atomic E-state index is 12.6. The van der Waals surface area contributed by atoms with Crippen LogP contribution in [0.4, 0.5) is 0 Å². The summed E-state index contributed by atoms with van der Waals surface area (Å²) in [6.45, 7) is 4.62. The van der Waals surface area contributed by atoms with Gasteiger partial charge >= 0.3 is 17.9 Å². The Balaban J connectivity index is 4.39. The molecule has 0 aliphatic carbocycles. The van der Waals surface area contributed by atoms with E-state index in [1.54, 1.807) is 0 Å². The number of carboxylic acids is 1. The Hall–Kier alpha value is -2.71. The van der Waals surface area contributed by atoms with Gasteiger partial charge in [0.2, 0.25) is 0 Å². The molecular weight excluding hydrogens is 630 g/mol. The van der Waals surface area contributed by atoms with Crippen LogP contribution in [0, 0.1) is 0 Å². The van der Waals surface area contributed by atoms with Crippen molar-refractivity contribution in [1.82, 2.24) is 0 Å². The number of aliphatic carboxylic acids is 1. The van der Waals surface area contributed by atoms with E-state index in [0.717, 1.165) is 64.2 Å². The average molecular weight is 705 g/mol. The van der Waals surface area contributed by atoms with Crippen LogP contribution in [0.1, 0.15) is 149 Å². The number of ether oxygens (including phenoxy) is 3. The SMILES string of the molecule is CCCCC/C=C/C=C/C=C/C=C/CCCCCCCC(=O)OCC(COCCC(C(=O)O)[N+](C)(C)C)OC(=O)CCCCCCCCCC. The summed E-state index contributed by atoms with van der Waals surface area (Å²) in [6.07, 6.45) is 37.3. The number of quaternary nitrogens is 1. The van der Waals surface area contributed by atoms with E-state index in [1.165, 1.54) is 51.4 Å². The normalized spacial score (nSPS) is 13.5. The van der Waals surface area contributed by atoms with Gasteiger partial charge in [0.05, 0.1) is 34.4 Å². The third-order valence-corrected chi connectivity index (χ3v) is 8.58. The zero-order valence-electron chi connectivity index (χ0n) is 32.6. The van der Waals surface area contributed by atoms with Gasteiger partial charge in [0.1, 0.15) is 6.61 Å². The first kappa shape index (κ1) is 47.3. The van der Waals surface area contributed by atoms with Crippen LogP contribution in [-0.4, -0.2) is 80.6 Å². The first-order chi connectivity index (χ1) is 24.1. The largest absolute Gasteiger partial charge is 0.477 e. The molecule has 0 rings (SSSR count). The number of carbonyl (C=O) groups is 3. The van der Waals surface area contributed by atoms with Crippen molar-refractivity contribution in [1.29, 1.82) is 0 Å². The molecule has 0 radical (unpaired) electrons. The van der Waals surface area contributed by atoms with Gasteiger partial charge in [-0.1, -0.05) is 140 Å². The van der Waals surface area contributed by atoms with Gasteiger partial charge in [-0.2, -0.15) is 0 Å². The third kappa shape index (κ3) is 31.3. The molecule has 0 aromatic heterocycles. The minimum atomic E-state index is -0.881. The van der Waals surface area contributed by atoms with Crippen molar-refractivity contribution in [3.8, 4) is 0 Å². The number of nitrogens with zero attached hydrogens (tertiary/aromatic N) is 1. The Morgan fingerprint density at radius 2 is 1.06 bits per heavy atom. The van der Waals surface area contributed by atoms with Gasteiger partial charge in [0.25, 0.3) is 0 Å². The first-order valence-electron chi connectivity index (χ1n) is 19.7. The lowest BCUT2D eigenvalue weighted by Gasteiger charge is -2.31. The lowest BCUT2D eigenvalue weighted by Crippen LogP contribution is -2.50. The van der Waals surface area contributed by atoms with Gasteiger partial charge in [0.15, 0.2) is 12.1 Å². The zero-order valence-corrected chi connectivity index (χ0v) is 32.6. The molecule has 8 heteroatoms. The van der Waals surface area contributed by atoms with E-state index in [1.807, 2.05) is 27.2 Å². The van der Waals surface area contributed by atoms with Crippen LogP contribution in [0.3, 0.4) is 0 Å². The molecule has 2 atom stereocenters. The molecule has 8 nitrogen and oxygen atoms in total. The van der Waals surface area contributed by atoms with Crippen molar-refractivity contribution in [2.45, 2.75) is 161 Å². The summed E-state index contributed by atoms with van der Waals surface area (Å²) < 4.78 is 17.1. The summed E-state index contributed by atoms with van der Waals surface area (Å²) in [4.78, 5) is 36.7. The fourth-order valence-electron chi connectivity index (χ4n) is 5.45. The average Bonchev–Trinajstić information content (AvgIpc) is 3.06. The number of likely N-dealkylation sites (N-methyl/N-ethyl adjacent to an activating group) is 1. The first-order valence-corrected chi connectivity index (χ1v) is 19.7. The second-order valence-corrected chi connectivity index (χ2v) is 14.3. The number of rotatable bonds is 34. The second-order valence-electron chi connectivity index (χ2n) is 14.3. The molecule has 0 aromatic rings. The fraction of sp³-hybridized carbons (Fsp3) is 0.738. The number of unbranched alkanes of at least 4 members (excludes halogenated alkanes) is 15. The second kappa shape index (κ2) is 33.4. The van der Waals surface area contributed by atoms with Crippen molar-refractivity contribution in [3.05, 3.63) is 48.6 Å². The van der Waals surface area contributed by atoms with Gasteiger partial charge < -0.3 is 23.8 Å². The van der Waals surface area contributed by atoms with Gasteiger partial charge in [-0.05, 0) is 38.5 Å². The molecule has 2 unspecified atom stereocenters. The van der Waals surface area contributed by atoms with E-state index >= 15 is 0 Å². The molecule has 0 fully saturated rings. The molecule has 0 amide bonds. The smallest absolute Gasteiger partial charge is 0.362 e. The molecule has 50 heavy (non-hydrogen) atoms. The quantitative estimate of drug-likeness (QED) is 0.0308. The number of carboxylic acid groups (broad SMARTS) is 1. The van der Waals surface area contributed by atoms with Gasteiger partial charge in [-0.15, -0.1) is 0 Å². The Morgan fingerprint density at radius 1 is 0.600 bits per heavy atom. The molecule has 0 spiro atoms. The number of esters is 2. The van der Waals surface area contributed by atoms with E-state index in [0.29, 0.717) is 19.3 Å². The zero-order chi connectivity index (χ0) is 37.1. The summed E-state index contributed by atoms with van der Waals surface area (Å²) in [7, 11) is 5.50. The van der Waals surface area contributed by atoms with E-state index < -0.39 is 18.1 Å². The highest BCUT2D eigenvalue weighted by atomic mass is 16.6. The molecule has 0 saturated carbocycles. The van der Waals surface area contributed by atoms with Crippen LogP contribution in [0.15, 0.2) is 48.6 Å². The van der Waals surface area contributed by atoms with Crippen LogP contribution in [0.25, 0.3) is 0 Å². The topological polar surface area (TPSA) is 99.1 Å². The summed E-state index contributed by atoms with van der Waals surface area (Å²) >= 11 is 0. The minimum Gasteiger partial charge on any atom is -0.477 e. The molecule has 0 aromatic carbocycles. The van der Waals surface area contributed by atoms with Crippen molar-refractivity contribution in [2.24, 2.45) is 0 Å². The van der Waals surface area contributed by atoms with Crippen LogP contribution >= 0.6 is 0 Å². The number of allylic oxidation sites excluding steroid dienone is 8. The summed E-state index contributed by atoms with van der Waals surface area (Å²) in [5.74, 6) is -1.51. The highest BCUT2D eigenvalue weighted by Gasteiger charge is 2.31. The molecule has 0 bridgehead atoms. The van der Waals surface area contributed by atoms with Crippen molar-refractivity contribution >= 4 is 17.9 Å². The monoisotopic (exact) mass is 705 g/mol. The van der Waals surface area contributed by atoms with Crippen LogP contribution in [-0.2, 0) is 28.6 Å². The van der Waals surface area contributed by atoms with Crippen LogP contribution in [0.2, 0.25) is 0 Å². The standard InChI is InChI=1S/C42H73NO7/c1-6-8-10-12-14-16-17-18-19-20-21-22-23-24-25-27-28-30-32-40(44)49-37-38(36-48-35-34-39(42(46)47)43(3,4)5)50-41(45)33-31-29-26-15-13-11-9-7-2/h14,16-22,38-39H,6-13,15,23-37H2,1-5H3/p+1/b16-14+,18-17+,20-19+,22-21+. The summed E-state index contributed by atoms with van der Waals surface area (Å²) in [5, 5.41) is 9.57. The summed E-state index contributed by atoms with van der Waals surface area (Å²) in [6, 6.07) is -0.616. The Kier molecular flexibility index (Phi) is 31.6. The van der Waals surface area contributed by atoms with Crippen molar-refractivity contribution < 1.29 is 38.2 Å². The van der Waals surface area contributed by atoms with Crippen LogP contribution < -0.4 is 0 Å². The molecular formula is C42H74NO7+. The Morgan fingerprint density at radius 3 is 1.60 bits per heavy atom. The molecule has 0 saturated heterocycles. The van der Waals surface area contributed by atoms with E-state index in [2.05, 4.69) is 56.4 Å². The lowest BCUT2D eigenvalue weighted by atomic mass is 10.1.